The van der Waals surface area contributed by atoms with Crippen LogP contribution in [0, 0.1) is 46.3 Å². The second-order valence-electron chi connectivity index (χ2n) is 12.5. The van der Waals surface area contributed by atoms with Gasteiger partial charge >= 0.3 is 0 Å². The van der Waals surface area contributed by atoms with Crippen LogP contribution in [0.4, 0.5) is 0 Å². The monoisotopic (exact) mass is 458 g/mol. The number of hydrogen-bond acceptors (Lipinski definition) is 3. The van der Waals surface area contributed by atoms with Crippen molar-refractivity contribution in [3.05, 3.63) is 10.4 Å². The first-order valence-corrected chi connectivity index (χ1v) is 13.7. The van der Waals surface area contributed by atoms with E-state index in [4.69, 9.17) is 5.53 Å². The van der Waals surface area contributed by atoms with Crippen molar-refractivity contribution in [3.8, 4) is 0 Å². The van der Waals surface area contributed by atoms with Crippen LogP contribution in [0.5, 0.6) is 0 Å². The van der Waals surface area contributed by atoms with Gasteiger partial charge in [-0.15, -0.1) is 0 Å². The molecule has 4 aliphatic rings. The van der Waals surface area contributed by atoms with E-state index in [1.54, 1.807) is 0 Å². The summed E-state index contributed by atoms with van der Waals surface area (Å²) in [7, 11) is 0. The van der Waals surface area contributed by atoms with Crippen LogP contribution >= 0.6 is 0 Å². The lowest BCUT2D eigenvalue weighted by atomic mass is 9.43. The molecule has 0 aliphatic heterocycles. The standard InChI is InChI=1S/C27H46N4O2/c1-5-14-29-25(33)11-6-17(2)21-9-10-22-20-8-7-18-15-19(30-31-28)12-13-26(18,3)23(20)16-24(32)27(21,22)4/h17-24,32H,5-16H2,1-4H3,(H,29,33)/t17-,18-,19+,20+,21-,22+,23+,24+,26+,27-/m1/s1. The summed E-state index contributed by atoms with van der Waals surface area (Å²) >= 11 is 0. The van der Waals surface area contributed by atoms with E-state index in [1.165, 1.54) is 25.7 Å². The van der Waals surface area contributed by atoms with Crippen LogP contribution in [-0.2, 0) is 4.79 Å². The van der Waals surface area contributed by atoms with Gasteiger partial charge in [-0.3, -0.25) is 4.79 Å². The third kappa shape index (κ3) is 4.31. The minimum Gasteiger partial charge on any atom is -0.393 e. The third-order valence-corrected chi connectivity index (χ3v) is 11.1. The number of hydrogen-bond donors (Lipinski definition) is 2. The van der Waals surface area contributed by atoms with Crippen LogP contribution in [0.2, 0.25) is 0 Å². The van der Waals surface area contributed by atoms with E-state index in [0.717, 1.165) is 45.1 Å². The van der Waals surface area contributed by atoms with Crippen molar-refractivity contribution in [3.63, 3.8) is 0 Å². The van der Waals surface area contributed by atoms with Gasteiger partial charge in [-0.2, -0.15) is 0 Å². The average Bonchev–Trinajstić information content (AvgIpc) is 3.16. The van der Waals surface area contributed by atoms with Crippen molar-refractivity contribution in [2.24, 2.45) is 51.5 Å². The molecule has 4 rings (SSSR count). The van der Waals surface area contributed by atoms with Gasteiger partial charge in [-0.25, -0.2) is 0 Å². The first-order valence-electron chi connectivity index (χ1n) is 13.7. The number of nitrogens with zero attached hydrogens (tertiary/aromatic N) is 3. The predicted octanol–water partition coefficient (Wildman–Crippen LogP) is 6.24. The lowest BCUT2D eigenvalue weighted by Crippen LogP contribution is -2.58. The number of nitrogens with one attached hydrogen (secondary N) is 1. The molecule has 4 saturated carbocycles. The van der Waals surface area contributed by atoms with Gasteiger partial charge in [0.1, 0.15) is 0 Å². The van der Waals surface area contributed by atoms with Crippen LogP contribution in [0.25, 0.3) is 10.4 Å². The third-order valence-electron chi connectivity index (χ3n) is 11.1. The molecule has 0 aromatic carbocycles. The predicted molar refractivity (Wildman–Crippen MR) is 131 cm³/mol. The first-order chi connectivity index (χ1) is 15.8. The molecule has 10 atom stereocenters. The highest BCUT2D eigenvalue weighted by Gasteiger charge is 2.63. The highest BCUT2D eigenvalue weighted by molar-refractivity contribution is 5.75. The summed E-state index contributed by atoms with van der Waals surface area (Å²) in [6.45, 7) is 10.0. The van der Waals surface area contributed by atoms with Crippen molar-refractivity contribution in [1.29, 1.82) is 0 Å². The van der Waals surface area contributed by atoms with Crippen molar-refractivity contribution >= 4 is 5.91 Å². The Balaban J connectivity index is 1.46. The van der Waals surface area contributed by atoms with Gasteiger partial charge in [-0.05, 0) is 116 Å². The minimum atomic E-state index is -0.252. The Bertz CT molecular complexity index is 767. The van der Waals surface area contributed by atoms with E-state index in [9.17, 15) is 9.90 Å². The smallest absolute Gasteiger partial charge is 0.220 e. The molecule has 0 aromatic heterocycles. The lowest BCUT2D eigenvalue weighted by Gasteiger charge is -2.62. The highest BCUT2D eigenvalue weighted by Crippen LogP contribution is 2.68. The van der Waals surface area contributed by atoms with Gasteiger partial charge < -0.3 is 10.4 Å². The average molecular weight is 459 g/mol. The van der Waals surface area contributed by atoms with E-state index in [-0.39, 0.29) is 28.9 Å². The SMILES string of the molecule is CCCNC(=O)CC[C@@H](C)[C@H]1CC[C@H]2[C@@H]3CC[C@@H]4C[C@@H](N=[N+]=[N-])CC[C@]4(C)[C@H]3C[C@H](O)[C@]12C. The summed E-state index contributed by atoms with van der Waals surface area (Å²) < 4.78 is 0. The van der Waals surface area contributed by atoms with E-state index in [1.807, 2.05) is 0 Å². The van der Waals surface area contributed by atoms with E-state index in [0.29, 0.717) is 41.9 Å². The van der Waals surface area contributed by atoms with Gasteiger partial charge in [0.15, 0.2) is 0 Å². The Labute approximate surface area is 200 Å². The number of azide groups is 1. The molecule has 0 unspecified atom stereocenters. The molecule has 0 bridgehead atoms. The summed E-state index contributed by atoms with van der Waals surface area (Å²) in [6.07, 6.45) is 11.3. The minimum absolute atomic E-state index is 0.0218. The Hall–Kier alpha value is -1.26. The van der Waals surface area contributed by atoms with Gasteiger partial charge in [0.05, 0.1) is 6.10 Å². The van der Waals surface area contributed by atoms with Crippen molar-refractivity contribution in [2.75, 3.05) is 6.54 Å². The van der Waals surface area contributed by atoms with Crippen LogP contribution < -0.4 is 5.32 Å². The van der Waals surface area contributed by atoms with Gasteiger partial charge in [0, 0.05) is 23.9 Å². The van der Waals surface area contributed by atoms with E-state index in [2.05, 4.69) is 43.0 Å². The van der Waals surface area contributed by atoms with Crippen molar-refractivity contribution < 1.29 is 9.90 Å². The summed E-state index contributed by atoms with van der Waals surface area (Å²) in [5.74, 6) is 3.66. The second kappa shape index (κ2) is 9.77. The van der Waals surface area contributed by atoms with E-state index >= 15 is 0 Å². The molecule has 6 nitrogen and oxygen atoms in total. The normalized spacial score (nSPS) is 45.2. The summed E-state index contributed by atoms with van der Waals surface area (Å²) in [6, 6.07) is 0.162. The zero-order chi connectivity index (χ0) is 23.8. The number of carbonyl (C=O) groups excluding carboxylic acids is 1. The number of fused-ring (bicyclic) bond motifs is 5. The van der Waals surface area contributed by atoms with Gasteiger partial charge in [0.2, 0.25) is 5.91 Å². The fraction of sp³-hybridized carbons (Fsp3) is 0.963. The van der Waals surface area contributed by atoms with Gasteiger partial charge in [0.25, 0.3) is 0 Å². The zero-order valence-electron chi connectivity index (χ0n) is 21.3. The molecule has 2 N–H and O–H groups in total. The Morgan fingerprint density at radius 3 is 2.70 bits per heavy atom. The summed E-state index contributed by atoms with van der Waals surface area (Å²) in [5, 5.41) is 18.8. The van der Waals surface area contributed by atoms with Crippen molar-refractivity contribution in [1.82, 2.24) is 5.32 Å². The number of aliphatic hydroxyl groups excluding tert-OH is 1. The fourth-order valence-corrected chi connectivity index (χ4v) is 9.25. The van der Waals surface area contributed by atoms with Crippen LogP contribution in [-0.4, -0.2) is 29.7 Å². The van der Waals surface area contributed by atoms with Crippen LogP contribution in [0.15, 0.2) is 5.11 Å². The highest BCUT2D eigenvalue weighted by atomic mass is 16.3. The summed E-state index contributed by atoms with van der Waals surface area (Å²) in [5.41, 5.74) is 9.16. The zero-order valence-corrected chi connectivity index (χ0v) is 21.3. The number of rotatable bonds is 7. The van der Waals surface area contributed by atoms with Crippen LogP contribution in [0.1, 0.15) is 98.3 Å². The molecular formula is C27H46N4O2. The molecule has 0 saturated heterocycles. The molecule has 0 radical (unpaired) electrons. The fourth-order valence-electron chi connectivity index (χ4n) is 9.25. The maximum absolute atomic E-state index is 12.2. The second-order valence-corrected chi connectivity index (χ2v) is 12.5. The molecule has 6 heteroatoms. The lowest BCUT2D eigenvalue weighted by molar-refractivity contribution is -0.169. The summed E-state index contributed by atoms with van der Waals surface area (Å²) in [4.78, 5) is 15.3. The molecule has 4 fully saturated rings. The number of amides is 1. The van der Waals surface area contributed by atoms with E-state index < -0.39 is 0 Å². The Kier molecular flexibility index (Phi) is 7.36. The largest absolute Gasteiger partial charge is 0.393 e. The number of aliphatic hydroxyl groups is 1. The molecular weight excluding hydrogens is 412 g/mol. The maximum Gasteiger partial charge on any atom is 0.220 e. The van der Waals surface area contributed by atoms with Crippen LogP contribution in [0.3, 0.4) is 0 Å². The molecule has 0 heterocycles. The molecule has 186 valence electrons. The molecule has 33 heavy (non-hydrogen) atoms. The Morgan fingerprint density at radius 2 is 1.97 bits per heavy atom. The topological polar surface area (TPSA) is 98.1 Å². The van der Waals surface area contributed by atoms with Crippen molar-refractivity contribution in [2.45, 2.75) is 110 Å². The molecule has 0 spiro atoms. The molecule has 0 aromatic rings. The first kappa shape index (κ1) is 24.9. The molecule has 1 amide bonds. The number of carbonyl (C=O) groups is 1. The maximum atomic E-state index is 12.2. The van der Waals surface area contributed by atoms with Gasteiger partial charge in [-0.1, -0.05) is 32.8 Å². The quantitative estimate of drug-likeness (QED) is 0.268. The Morgan fingerprint density at radius 1 is 1.18 bits per heavy atom. The molecule has 4 aliphatic carbocycles.